The van der Waals surface area contributed by atoms with Gasteiger partial charge in [-0.2, -0.15) is 0 Å². The van der Waals surface area contributed by atoms with E-state index >= 15 is 0 Å². The number of carbonyl (C=O) groups is 2. The summed E-state index contributed by atoms with van der Waals surface area (Å²) in [4.78, 5) is 22.5. The van der Waals surface area contributed by atoms with Gasteiger partial charge in [0.2, 0.25) is 0 Å². The van der Waals surface area contributed by atoms with Crippen LogP contribution in [0.3, 0.4) is 0 Å². The van der Waals surface area contributed by atoms with E-state index in [0.717, 1.165) is 0 Å². The zero-order valence-electron chi connectivity index (χ0n) is 10.5. The summed E-state index contributed by atoms with van der Waals surface area (Å²) < 4.78 is 9.13. The van der Waals surface area contributed by atoms with Crippen molar-refractivity contribution in [1.29, 1.82) is 0 Å². The molecule has 0 saturated carbocycles. The van der Waals surface area contributed by atoms with Gasteiger partial charge in [-0.25, -0.2) is 4.79 Å². The summed E-state index contributed by atoms with van der Waals surface area (Å²) in [6, 6.07) is 6.23. The van der Waals surface area contributed by atoms with Crippen molar-refractivity contribution in [2.24, 2.45) is 5.92 Å². The Labute approximate surface area is 105 Å². The predicted molar refractivity (Wildman–Crippen MR) is 63.9 cm³/mol. The van der Waals surface area contributed by atoms with Gasteiger partial charge in [0.25, 0.3) is 0 Å². The van der Waals surface area contributed by atoms with Crippen molar-refractivity contribution in [3.05, 3.63) is 35.4 Å². The van der Waals surface area contributed by atoms with Crippen molar-refractivity contribution < 1.29 is 24.2 Å². The number of ether oxygens (including phenoxy) is 2. The average molecular weight is 252 g/mol. The lowest BCUT2D eigenvalue weighted by atomic mass is 9.97. The van der Waals surface area contributed by atoms with Gasteiger partial charge in [0.15, 0.2) is 0 Å². The van der Waals surface area contributed by atoms with E-state index in [1.807, 2.05) is 0 Å². The molecule has 5 nitrogen and oxygen atoms in total. The van der Waals surface area contributed by atoms with Crippen molar-refractivity contribution in [2.45, 2.75) is 13.0 Å². The molecule has 1 rings (SSSR count). The van der Waals surface area contributed by atoms with Crippen LogP contribution in [0.15, 0.2) is 24.3 Å². The first-order valence-electron chi connectivity index (χ1n) is 5.45. The number of hydrogen-bond acceptors (Lipinski definition) is 5. The van der Waals surface area contributed by atoms with E-state index in [9.17, 15) is 14.7 Å². The molecule has 0 aromatic heterocycles. The van der Waals surface area contributed by atoms with Crippen LogP contribution in [-0.4, -0.2) is 31.3 Å². The van der Waals surface area contributed by atoms with Gasteiger partial charge < -0.3 is 14.6 Å². The molecule has 0 aliphatic heterocycles. The molecule has 1 aromatic carbocycles. The Balaban J connectivity index is 2.85. The summed E-state index contributed by atoms with van der Waals surface area (Å²) in [7, 11) is 2.57. The first-order valence-corrected chi connectivity index (χ1v) is 5.45. The monoisotopic (exact) mass is 252 g/mol. The second kappa shape index (κ2) is 6.16. The Kier molecular flexibility index (Phi) is 4.85. The largest absolute Gasteiger partial charge is 0.469 e. The molecule has 0 bridgehead atoms. The quantitative estimate of drug-likeness (QED) is 0.818. The lowest BCUT2D eigenvalue weighted by Gasteiger charge is -2.17. The van der Waals surface area contributed by atoms with E-state index in [2.05, 4.69) is 9.47 Å². The number of methoxy groups -OCH3 is 2. The summed E-state index contributed by atoms with van der Waals surface area (Å²) in [5.74, 6) is -1.60. The number of esters is 2. The Hall–Kier alpha value is -1.88. The molecule has 0 radical (unpaired) electrons. The van der Waals surface area contributed by atoms with E-state index in [1.54, 1.807) is 19.1 Å². The van der Waals surface area contributed by atoms with Gasteiger partial charge in [-0.3, -0.25) is 4.79 Å². The number of hydrogen-bond donors (Lipinski definition) is 1. The van der Waals surface area contributed by atoms with Gasteiger partial charge in [-0.1, -0.05) is 12.1 Å². The Morgan fingerprint density at radius 1 is 1.11 bits per heavy atom. The van der Waals surface area contributed by atoms with Crippen LogP contribution >= 0.6 is 0 Å². The summed E-state index contributed by atoms with van der Waals surface area (Å²) in [5.41, 5.74) is 0.930. The van der Waals surface area contributed by atoms with Crippen LogP contribution in [0.4, 0.5) is 0 Å². The van der Waals surface area contributed by atoms with Gasteiger partial charge in [-0.15, -0.1) is 0 Å². The van der Waals surface area contributed by atoms with E-state index in [1.165, 1.54) is 26.4 Å². The van der Waals surface area contributed by atoms with Crippen LogP contribution in [0.25, 0.3) is 0 Å². The minimum Gasteiger partial charge on any atom is -0.469 e. The normalized spacial score (nSPS) is 13.6. The number of aliphatic hydroxyl groups is 1. The number of aliphatic hydroxyl groups excluding tert-OH is 1. The van der Waals surface area contributed by atoms with Crippen LogP contribution in [-0.2, 0) is 14.3 Å². The second-order valence-corrected chi connectivity index (χ2v) is 3.87. The smallest absolute Gasteiger partial charge is 0.337 e. The molecule has 2 unspecified atom stereocenters. The maximum atomic E-state index is 11.3. The second-order valence-electron chi connectivity index (χ2n) is 3.87. The Morgan fingerprint density at radius 3 is 2.11 bits per heavy atom. The van der Waals surface area contributed by atoms with Crippen molar-refractivity contribution >= 4 is 11.9 Å². The topological polar surface area (TPSA) is 72.8 Å². The predicted octanol–water partition coefficient (Wildman–Crippen LogP) is 1.32. The molecule has 0 fully saturated rings. The first kappa shape index (κ1) is 14.2. The third-order valence-electron chi connectivity index (χ3n) is 2.72. The molecular formula is C13H16O5. The number of carbonyl (C=O) groups excluding carboxylic acids is 2. The lowest BCUT2D eigenvalue weighted by Crippen LogP contribution is -2.20. The molecule has 0 aliphatic carbocycles. The highest BCUT2D eigenvalue weighted by Crippen LogP contribution is 2.23. The van der Waals surface area contributed by atoms with Crippen molar-refractivity contribution in [3.8, 4) is 0 Å². The Morgan fingerprint density at radius 2 is 1.67 bits per heavy atom. The molecule has 2 atom stereocenters. The molecular weight excluding hydrogens is 236 g/mol. The Bertz CT molecular complexity index is 424. The van der Waals surface area contributed by atoms with E-state index in [4.69, 9.17) is 0 Å². The number of benzene rings is 1. The van der Waals surface area contributed by atoms with Crippen LogP contribution in [0.5, 0.6) is 0 Å². The fourth-order valence-corrected chi connectivity index (χ4v) is 1.54. The molecule has 0 aliphatic rings. The molecule has 0 spiro atoms. The highest BCUT2D eigenvalue weighted by molar-refractivity contribution is 5.89. The van der Waals surface area contributed by atoms with Crippen LogP contribution < -0.4 is 0 Å². The van der Waals surface area contributed by atoms with Crippen molar-refractivity contribution in [1.82, 2.24) is 0 Å². The molecule has 0 amide bonds. The third-order valence-corrected chi connectivity index (χ3v) is 2.72. The lowest BCUT2D eigenvalue weighted by molar-refractivity contribution is -0.148. The van der Waals surface area contributed by atoms with Crippen LogP contribution in [0, 0.1) is 5.92 Å². The summed E-state index contributed by atoms with van der Waals surface area (Å²) in [5, 5.41) is 9.96. The van der Waals surface area contributed by atoms with Gasteiger partial charge in [0, 0.05) is 0 Å². The zero-order valence-corrected chi connectivity index (χ0v) is 10.5. The van der Waals surface area contributed by atoms with E-state index < -0.39 is 24.0 Å². The molecule has 1 aromatic rings. The maximum absolute atomic E-state index is 11.3. The van der Waals surface area contributed by atoms with Gasteiger partial charge in [-0.05, 0) is 24.6 Å². The van der Waals surface area contributed by atoms with Crippen molar-refractivity contribution in [2.75, 3.05) is 14.2 Å². The molecule has 0 saturated heterocycles. The summed E-state index contributed by atoms with van der Waals surface area (Å²) in [6.45, 7) is 1.57. The zero-order chi connectivity index (χ0) is 13.7. The fourth-order valence-electron chi connectivity index (χ4n) is 1.54. The standard InChI is InChI=1S/C13H16O5/c1-8(12(15)17-2)11(14)9-4-6-10(7-5-9)13(16)18-3/h4-8,11,14H,1-3H3. The third kappa shape index (κ3) is 3.07. The molecule has 98 valence electrons. The molecule has 0 heterocycles. The molecule has 5 heteroatoms. The van der Waals surface area contributed by atoms with E-state index in [-0.39, 0.29) is 0 Å². The average Bonchev–Trinajstić information content (AvgIpc) is 2.44. The molecule has 18 heavy (non-hydrogen) atoms. The van der Waals surface area contributed by atoms with Gasteiger partial charge >= 0.3 is 11.9 Å². The first-order chi connectivity index (χ1) is 8.51. The minimum absolute atomic E-state index is 0.388. The van der Waals surface area contributed by atoms with Crippen LogP contribution in [0.1, 0.15) is 28.9 Å². The van der Waals surface area contributed by atoms with Gasteiger partial charge in [0.1, 0.15) is 0 Å². The molecule has 1 N–H and O–H groups in total. The highest BCUT2D eigenvalue weighted by Gasteiger charge is 2.24. The SMILES string of the molecule is COC(=O)c1ccc(C(O)C(C)C(=O)OC)cc1. The summed E-state index contributed by atoms with van der Waals surface area (Å²) >= 11 is 0. The maximum Gasteiger partial charge on any atom is 0.337 e. The summed E-state index contributed by atoms with van der Waals surface area (Å²) in [6.07, 6.45) is -0.968. The highest BCUT2D eigenvalue weighted by atomic mass is 16.5. The van der Waals surface area contributed by atoms with Gasteiger partial charge in [0.05, 0.1) is 31.8 Å². The fraction of sp³-hybridized carbons (Fsp3) is 0.385. The minimum atomic E-state index is -0.968. The van der Waals surface area contributed by atoms with Crippen molar-refractivity contribution in [3.63, 3.8) is 0 Å². The number of rotatable bonds is 4. The van der Waals surface area contributed by atoms with E-state index in [0.29, 0.717) is 11.1 Å². The van der Waals surface area contributed by atoms with Crippen LogP contribution in [0.2, 0.25) is 0 Å².